The quantitative estimate of drug-likeness (QED) is 0.630. The van der Waals surface area contributed by atoms with Gasteiger partial charge in [0.2, 0.25) is 11.0 Å². The van der Waals surface area contributed by atoms with Gasteiger partial charge in [0, 0.05) is 6.20 Å². The molecule has 1 amide bonds. The van der Waals surface area contributed by atoms with Crippen LogP contribution < -0.4 is 15.8 Å². The van der Waals surface area contributed by atoms with Gasteiger partial charge in [-0.1, -0.05) is 0 Å². The molecule has 0 fully saturated rings. The number of hydrogen-bond donors (Lipinski definition) is 3. The first-order valence-electron chi connectivity index (χ1n) is 5.97. The Bertz CT molecular complexity index is 733. The second kappa shape index (κ2) is 5.97. The fourth-order valence-electron chi connectivity index (χ4n) is 1.59. The highest BCUT2D eigenvalue weighted by Gasteiger charge is 2.16. The molecule has 9 nitrogen and oxygen atoms in total. The topological polar surface area (TPSA) is 132 Å². The summed E-state index contributed by atoms with van der Waals surface area (Å²) in [5.74, 6) is -0.0379. The lowest BCUT2D eigenvalue weighted by Crippen LogP contribution is -2.18. The lowest BCUT2D eigenvalue weighted by molar-refractivity contribution is -0.118. The van der Waals surface area contributed by atoms with Crippen molar-refractivity contribution in [1.82, 2.24) is 14.5 Å². The zero-order chi connectivity index (χ0) is 15.5. The van der Waals surface area contributed by atoms with Gasteiger partial charge in [-0.15, -0.1) is 0 Å². The van der Waals surface area contributed by atoms with Gasteiger partial charge in [0.05, 0.1) is 18.4 Å². The average Bonchev–Trinajstić information content (AvgIpc) is 3.05. The van der Waals surface area contributed by atoms with Gasteiger partial charge < -0.3 is 15.5 Å². The number of nitrogens with two attached hydrogens (primary N) is 1. The number of sulfonamides is 1. The van der Waals surface area contributed by atoms with E-state index in [1.807, 2.05) is 0 Å². The maximum atomic E-state index is 11.5. The van der Waals surface area contributed by atoms with Crippen LogP contribution in [-0.4, -0.2) is 31.2 Å². The standard InChI is InChI=1S/C11H15N5O4S/c1-13-21(18,19)11-3-2-9(20-11)5-14-8-4-15-16(6-8)7-10(12)17/h2-4,6,13-14H,5,7H2,1H3,(H2,12,17). The Morgan fingerprint density at radius 3 is 2.90 bits per heavy atom. The SMILES string of the molecule is CNS(=O)(=O)c1ccc(CNc2cnn(CC(N)=O)c2)o1. The van der Waals surface area contributed by atoms with Gasteiger partial charge in [-0.05, 0) is 19.2 Å². The van der Waals surface area contributed by atoms with E-state index in [1.165, 1.54) is 24.0 Å². The van der Waals surface area contributed by atoms with Crippen molar-refractivity contribution in [2.75, 3.05) is 12.4 Å². The predicted molar refractivity (Wildman–Crippen MR) is 73.7 cm³/mol. The lowest BCUT2D eigenvalue weighted by atomic mass is 10.4. The summed E-state index contributed by atoms with van der Waals surface area (Å²) < 4.78 is 31.8. The number of anilines is 1. The van der Waals surface area contributed by atoms with E-state index in [0.29, 0.717) is 11.4 Å². The van der Waals surface area contributed by atoms with Crippen LogP contribution in [0.15, 0.2) is 34.0 Å². The Morgan fingerprint density at radius 2 is 2.24 bits per heavy atom. The monoisotopic (exact) mass is 313 g/mol. The summed E-state index contributed by atoms with van der Waals surface area (Å²) in [6, 6.07) is 2.93. The molecule has 0 aliphatic carbocycles. The van der Waals surface area contributed by atoms with Crippen LogP contribution in [0.2, 0.25) is 0 Å². The minimum absolute atomic E-state index is 0.00695. The third-order valence-electron chi connectivity index (χ3n) is 2.59. The molecule has 0 radical (unpaired) electrons. The first-order chi connectivity index (χ1) is 9.90. The van der Waals surface area contributed by atoms with Crippen molar-refractivity contribution in [1.29, 1.82) is 0 Å². The lowest BCUT2D eigenvalue weighted by Gasteiger charge is -2.01. The van der Waals surface area contributed by atoms with Gasteiger partial charge in [0.15, 0.2) is 0 Å². The normalized spacial score (nSPS) is 11.5. The van der Waals surface area contributed by atoms with Crippen molar-refractivity contribution >= 4 is 21.6 Å². The highest BCUT2D eigenvalue weighted by Crippen LogP contribution is 2.15. The Hall–Kier alpha value is -2.33. The summed E-state index contributed by atoms with van der Waals surface area (Å²) in [5, 5.41) is 6.79. The minimum Gasteiger partial charge on any atom is -0.446 e. The van der Waals surface area contributed by atoms with Gasteiger partial charge in [-0.2, -0.15) is 5.10 Å². The van der Waals surface area contributed by atoms with Crippen LogP contribution in [0.1, 0.15) is 5.76 Å². The van der Waals surface area contributed by atoms with Crippen molar-refractivity contribution in [2.45, 2.75) is 18.2 Å². The molecular formula is C11H15N5O4S. The van der Waals surface area contributed by atoms with E-state index in [9.17, 15) is 13.2 Å². The zero-order valence-corrected chi connectivity index (χ0v) is 12.1. The number of hydrogen-bond acceptors (Lipinski definition) is 6. The molecule has 0 saturated carbocycles. The first kappa shape index (κ1) is 15.1. The molecule has 0 bridgehead atoms. The largest absolute Gasteiger partial charge is 0.446 e. The molecule has 0 saturated heterocycles. The van der Waals surface area contributed by atoms with Crippen LogP contribution in [0.4, 0.5) is 5.69 Å². The van der Waals surface area contributed by atoms with E-state index in [-0.39, 0.29) is 18.2 Å². The predicted octanol–water partition coefficient (Wildman–Crippen LogP) is -0.518. The summed E-state index contributed by atoms with van der Waals surface area (Å²) in [4.78, 5) is 10.7. The highest BCUT2D eigenvalue weighted by molar-refractivity contribution is 7.89. The van der Waals surface area contributed by atoms with Gasteiger partial charge in [-0.3, -0.25) is 9.48 Å². The number of amides is 1. The summed E-state index contributed by atoms with van der Waals surface area (Å²) in [5.41, 5.74) is 5.72. The van der Waals surface area contributed by atoms with Crippen molar-refractivity contribution < 1.29 is 17.6 Å². The molecule has 0 aliphatic heterocycles. The van der Waals surface area contributed by atoms with E-state index >= 15 is 0 Å². The molecule has 0 spiro atoms. The van der Waals surface area contributed by atoms with Crippen molar-refractivity contribution in [3.8, 4) is 0 Å². The summed E-state index contributed by atoms with van der Waals surface area (Å²) in [6.07, 6.45) is 3.14. The molecule has 2 rings (SSSR count). The molecule has 4 N–H and O–H groups in total. The zero-order valence-electron chi connectivity index (χ0n) is 11.2. The molecule has 10 heteroatoms. The van der Waals surface area contributed by atoms with Crippen LogP contribution >= 0.6 is 0 Å². The van der Waals surface area contributed by atoms with Gasteiger partial charge in [-0.25, -0.2) is 13.1 Å². The van der Waals surface area contributed by atoms with E-state index in [0.717, 1.165) is 0 Å². The fraction of sp³-hybridized carbons (Fsp3) is 0.273. The summed E-state index contributed by atoms with van der Waals surface area (Å²) >= 11 is 0. The molecule has 0 unspecified atom stereocenters. The average molecular weight is 313 g/mol. The molecular weight excluding hydrogens is 298 g/mol. The fourth-order valence-corrected chi connectivity index (χ4v) is 2.25. The van der Waals surface area contributed by atoms with Crippen molar-refractivity contribution in [3.63, 3.8) is 0 Å². The minimum atomic E-state index is -3.58. The van der Waals surface area contributed by atoms with Crippen LogP contribution in [0.3, 0.4) is 0 Å². The second-order valence-corrected chi connectivity index (χ2v) is 5.99. The maximum absolute atomic E-state index is 11.5. The Morgan fingerprint density at radius 1 is 1.48 bits per heavy atom. The number of aromatic nitrogens is 2. The molecule has 0 aliphatic rings. The van der Waals surface area contributed by atoms with E-state index in [4.69, 9.17) is 10.2 Å². The van der Waals surface area contributed by atoms with E-state index < -0.39 is 15.9 Å². The third-order valence-corrected chi connectivity index (χ3v) is 3.87. The molecule has 0 atom stereocenters. The van der Waals surface area contributed by atoms with Gasteiger partial charge >= 0.3 is 0 Å². The smallest absolute Gasteiger partial charge is 0.273 e. The van der Waals surface area contributed by atoms with Crippen LogP contribution in [0.25, 0.3) is 0 Å². The van der Waals surface area contributed by atoms with Crippen molar-refractivity contribution in [3.05, 3.63) is 30.3 Å². The second-order valence-electron chi connectivity index (χ2n) is 4.17. The Labute approximate surface area is 121 Å². The first-order valence-corrected chi connectivity index (χ1v) is 7.46. The number of carbonyl (C=O) groups excluding carboxylic acids is 1. The number of rotatable bonds is 7. The molecule has 0 aromatic carbocycles. The Balaban J connectivity index is 1.97. The maximum Gasteiger partial charge on any atom is 0.273 e. The van der Waals surface area contributed by atoms with Crippen LogP contribution in [0.5, 0.6) is 0 Å². The molecule has 2 heterocycles. The van der Waals surface area contributed by atoms with E-state index in [2.05, 4.69) is 15.1 Å². The molecule has 2 aromatic rings. The number of furan rings is 1. The highest BCUT2D eigenvalue weighted by atomic mass is 32.2. The summed E-state index contributed by atoms with van der Waals surface area (Å²) in [6.45, 7) is 0.272. The number of primary amides is 1. The Kier molecular flexibility index (Phi) is 4.29. The van der Waals surface area contributed by atoms with E-state index in [1.54, 1.807) is 12.3 Å². The van der Waals surface area contributed by atoms with Crippen LogP contribution in [0, 0.1) is 0 Å². The van der Waals surface area contributed by atoms with Gasteiger partial charge in [0.1, 0.15) is 12.3 Å². The number of nitrogens with zero attached hydrogens (tertiary/aromatic N) is 2. The molecule has 114 valence electrons. The summed E-state index contributed by atoms with van der Waals surface area (Å²) in [7, 11) is -2.27. The number of nitrogens with one attached hydrogen (secondary N) is 2. The molecule has 2 aromatic heterocycles. The number of carbonyl (C=O) groups is 1. The molecule has 21 heavy (non-hydrogen) atoms. The van der Waals surface area contributed by atoms with Crippen LogP contribution in [-0.2, 0) is 27.9 Å². The van der Waals surface area contributed by atoms with Crippen molar-refractivity contribution in [2.24, 2.45) is 5.73 Å². The third kappa shape index (κ3) is 3.83. The van der Waals surface area contributed by atoms with Gasteiger partial charge in [0.25, 0.3) is 10.0 Å².